The van der Waals surface area contributed by atoms with E-state index < -0.39 is 5.97 Å². The summed E-state index contributed by atoms with van der Waals surface area (Å²) in [5.74, 6) is -0.539. The molecule has 0 aliphatic carbocycles. The second-order valence-electron chi connectivity index (χ2n) is 4.99. The molecule has 1 unspecified atom stereocenters. The highest BCUT2D eigenvalue weighted by Gasteiger charge is 2.15. The van der Waals surface area contributed by atoms with Gasteiger partial charge in [-0.25, -0.2) is 9.48 Å². The lowest BCUT2D eigenvalue weighted by Gasteiger charge is -2.22. The van der Waals surface area contributed by atoms with E-state index in [1.165, 1.54) is 10.9 Å². The maximum absolute atomic E-state index is 11.8. The first kappa shape index (κ1) is 16.9. The summed E-state index contributed by atoms with van der Waals surface area (Å²) >= 11 is 0. The number of aromatic nitrogens is 3. The quantitative estimate of drug-likeness (QED) is 0.663. The average molecular weight is 297 g/mol. The Kier molecular flexibility index (Phi) is 6.64. The first-order valence-electron chi connectivity index (χ1n) is 7.11. The van der Waals surface area contributed by atoms with E-state index in [0.29, 0.717) is 11.6 Å². The largest absolute Gasteiger partial charge is 0.480 e. The predicted octanol–water partition coefficient (Wildman–Crippen LogP) is 0.987. The normalized spacial score (nSPS) is 12.2. The molecular weight excluding hydrogens is 274 g/mol. The van der Waals surface area contributed by atoms with Gasteiger partial charge in [-0.1, -0.05) is 31.9 Å². The van der Waals surface area contributed by atoms with Crippen LogP contribution in [-0.4, -0.2) is 38.1 Å². The van der Waals surface area contributed by atoms with Gasteiger partial charge in [0.25, 0.3) is 0 Å². The zero-order chi connectivity index (χ0) is 15.8. The van der Waals surface area contributed by atoms with Gasteiger partial charge in [-0.3, -0.25) is 4.79 Å². The van der Waals surface area contributed by atoms with Crippen molar-refractivity contribution in [2.45, 2.75) is 52.7 Å². The number of carbonyl (C=O) groups is 2. The molecular formula is C13H23N5O3. The van der Waals surface area contributed by atoms with Crippen LogP contribution >= 0.6 is 0 Å². The van der Waals surface area contributed by atoms with Gasteiger partial charge in [-0.05, 0) is 12.8 Å². The third-order valence-corrected chi connectivity index (χ3v) is 3.43. The molecule has 0 aromatic carbocycles. The fourth-order valence-corrected chi connectivity index (χ4v) is 2.18. The highest BCUT2D eigenvalue weighted by Crippen LogP contribution is 2.12. The summed E-state index contributed by atoms with van der Waals surface area (Å²) in [5, 5.41) is 21.7. The Labute approximate surface area is 123 Å². The van der Waals surface area contributed by atoms with E-state index in [2.05, 4.69) is 34.8 Å². The summed E-state index contributed by atoms with van der Waals surface area (Å²) in [4.78, 5) is 22.3. The van der Waals surface area contributed by atoms with Crippen LogP contribution in [0.3, 0.4) is 0 Å². The topological polar surface area (TPSA) is 109 Å². The minimum absolute atomic E-state index is 0.0997. The molecule has 8 heteroatoms. The molecule has 8 nitrogen and oxygen atoms in total. The SMILES string of the molecule is CCC(CC)C(C)NC(=O)NCc1cn(CC(=O)O)nn1. The molecule has 1 aromatic rings. The van der Waals surface area contributed by atoms with Crippen molar-refractivity contribution in [1.29, 1.82) is 0 Å². The van der Waals surface area contributed by atoms with Gasteiger partial charge in [0.1, 0.15) is 12.2 Å². The van der Waals surface area contributed by atoms with Gasteiger partial charge in [-0.15, -0.1) is 5.10 Å². The van der Waals surface area contributed by atoms with Crippen molar-refractivity contribution in [1.82, 2.24) is 25.6 Å². The van der Waals surface area contributed by atoms with E-state index in [1.807, 2.05) is 6.92 Å². The van der Waals surface area contributed by atoms with Crippen LogP contribution in [0, 0.1) is 5.92 Å². The molecule has 0 fully saturated rings. The third kappa shape index (κ3) is 5.80. The van der Waals surface area contributed by atoms with Crippen molar-refractivity contribution in [2.24, 2.45) is 5.92 Å². The van der Waals surface area contributed by atoms with Gasteiger partial charge in [-0.2, -0.15) is 0 Å². The van der Waals surface area contributed by atoms with Crippen molar-refractivity contribution in [2.75, 3.05) is 0 Å². The van der Waals surface area contributed by atoms with Crippen LogP contribution in [0.5, 0.6) is 0 Å². The van der Waals surface area contributed by atoms with Crippen LogP contribution in [0.1, 0.15) is 39.3 Å². The number of nitrogens with one attached hydrogen (secondary N) is 2. The van der Waals surface area contributed by atoms with Gasteiger partial charge in [0.2, 0.25) is 0 Å². The van der Waals surface area contributed by atoms with Crippen LogP contribution in [-0.2, 0) is 17.9 Å². The van der Waals surface area contributed by atoms with Gasteiger partial charge >= 0.3 is 12.0 Å². The Balaban J connectivity index is 2.39. The second kappa shape index (κ2) is 8.23. The maximum atomic E-state index is 11.8. The molecule has 1 rings (SSSR count). The van der Waals surface area contributed by atoms with Crippen molar-refractivity contribution in [3.05, 3.63) is 11.9 Å². The van der Waals surface area contributed by atoms with Gasteiger partial charge < -0.3 is 15.7 Å². The number of carbonyl (C=O) groups excluding carboxylic acids is 1. The van der Waals surface area contributed by atoms with Crippen LogP contribution in [0.4, 0.5) is 4.79 Å². The Bertz CT molecular complexity index is 470. The molecule has 21 heavy (non-hydrogen) atoms. The molecule has 0 saturated carbocycles. The number of rotatable bonds is 8. The van der Waals surface area contributed by atoms with E-state index in [9.17, 15) is 9.59 Å². The van der Waals surface area contributed by atoms with Crippen LogP contribution in [0.15, 0.2) is 6.20 Å². The van der Waals surface area contributed by atoms with Gasteiger partial charge in [0, 0.05) is 6.04 Å². The summed E-state index contributed by atoms with van der Waals surface area (Å²) in [6.07, 6.45) is 3.53. The molecule has 0 saturated heterocycles. The van der Waals surface area contributed by atoms with Crippen LogP contribution in [0.25, 0.3) is 0 Å². The number of carboxylic acid groups (broad SMARTS) is 1. The molecule has 0 bridgehead atoms. The first-order valence-corrected chi connectivity index (χ1v) is 7.11. The first-order chi connectivity index (χ1) is 9.96. The molecule has 1 atom stereocenters. The second-order valence-corrected chi connectivity index (χ2v) is 4.99. The van der Waals surface area contributed by atoms with Crippen molar-refractivity contribution in [3.8, 4) is 0 Å². The lowest BCUT2D eigenvalue weighted by molar-refractivity contribution is -0.137. The zero-order valence-corrected chi connectivity index (χ0v) is 12.7. The Morgan fingerprint density at radius 2 is 2.05 bits per heavy atom. The lowest BCUT2D eigenvalue weighted by atomic mass is 9.96. The smallest absolute Gasteiger partial charge is 0.325 e. The minimum Gasteiger partial charge on any atom is -0.480 e. The Morgan fingerprint density at radius 3 is 2.62 bits per heavy atom. The van der Waals surface area contributed by atoms with Gasteiger partial charge in [0.15, 0.2) is 0 Å². The van der Waals surface area contributed by atoms with Crippen LogP contribution < -0.4 is 10.6 Å². The number of aliphatic carboxylic acids is 1. The fourth-order valence-electron chi connectivity index (χ4n) is 2.18. The molecule has 0 aliphatic heterocycles. The Hall–Kier alpha value is -2.12. The molecule has 2 amide bonds. The number of hydrogen-bond acceptors (Lipinski definition) is 4. The Morgan fingerprint density at radius 1 is 1.38 bits per heavy atom. The average Bonchev–Trinajstić information content (AvgIpc) is 2.84. The molecule has 0 spiro atoms. The number of nitrogens with zero attached hydrogens (tertiary/aromatic N) is 3. The lowest BCUT2D eigenvalue weighted by Crippen LogP contribution is -2.43. The highest BCUT2D eigenvalue weighted by molar-refractivity contribution is 5.74. The summed E-state index contributed by atoms with van der Waals surface area (Å²) in [7, 11) is 0. The standard InChI is InChI=1S/C13H23N5O3/c1-4-10(5-2)9(3)15-13(21)14-6-11-7-18(17-16-11)8-12(19)20/h7,9-10H,4-6,8H2,1-3H3,(H,19,20)(H2,14,15,21). The minimum atomic E-state index is -0.990. The molecule has 0 radical (unpaired) electrons. The maximum Gasteiger partial charge on any atom is 0.325 e. The highest BCUT2D eigenvalue weighted by atomic mass is 16.4. The zero-order valence-electron chi connectivity index (χ0n) is 12.7. The third-order valence-electron chi connectivity index (χ3n) is 3.43. The molecule has 1 heterocycles. The molecule has 118 valence electrons. The van der Waals surface area contributed by atoms with Crippen molar-refractivity contribution >= 4 is 12.0 Å². The number of hydrogen-bond donors (Lipinski definition) is 3. The van der Waals surface area contributed by atoms with Crippen molar-refractivity contribution in [3.63, 3.8) is 0 Å². The number of amides is 2. The monoisotopic (exact) mass is 297 g/mol. The van der Waals surface area contributed by atoms with E-state index in [-0.39, 0.29) is 25.2 Å². The van der Waals surface area contributed by atoms with E-state index in [4.69, 9.17) is 5.11 Å². The molecule has 1 aromatic heterocycles. The number of carboxylic acids is 1. The van der Waals surface area contributed by atoms with Crippen LogP contribution in [0.2, 0.25) is 0 Å². The van der Waals surface area contributed by atoms with E-state index in [1.54, 1.807) is 0 Å². The summed E-state index contributed by atoms with van der Waals surface area (Å²) in [5.41, 5.74) is 0.515. The number of urea groups is 1. The summed E-state index contributed by atoms with van der Waals surface area (Å²) in [6.45, 7) is 6.16. The molecule has 3 N–H and O–H groups in total. The predicted molar refractivity (Wildman–Crippen MR) is 76.6 cm³/mol. The van der Waals surface area contributed by atoms with Gasteiger partial charge in [0.05, 0.1) is 12.7 Å². The van der Waals surface area contributed by atoms with E-state index in [0.717, 1.165) is 12.8 Å². The van der Waals surface area contributed by atoms with E-state index >= 15 is 0 Å². The summed E-state index contributed by atoms with van der Waals surface area (Å²) in [6, 6.07) is -0.162. The summed E-state index contributed by atoms with van der Waals surface area (Å²) < 4.78 is 1.21. The fraction of sp³-hybridized carbons (Fsp3) is 0.692. The molecule has 0 aliphatic rings. The van der Waals surface area contributed by atoms with Crippen molar-refractivity contribution < 1.29 is 14.7 Å².